The zero-order valence-electron chi connectivity index (χ0n) is 44.2. The van der Waals surface area contributed by atoms with Crippen molar-refractivity contribution in [1.82, 2.24) is 0 Å². The van der Waals surface area contributed by atoms with Gasteiger partial charge in [0, 0.05) is 60.4 Å². The average molecular weight is 948 g/mol. The Morgan fingerprint density at radius 3 is 1.62 bits per heavy atom. The first-order valence-electron chi connectivity index (χ1n) is 26.2. The maximum Gasteiger partial charge on any atom is 0.143 e. The summed E-state index contributed by atoms with van der Waals surface area (Å²) in [6.45, 7) is 28.2. The first kappa shape index (κ1) is 44.1. The fourth-order valence-corrected chi connectivity index (χ4v) is 14.1. The van der Waals surface area contributed by atoms with Crippen LogP contribution in [0.25, 0.3) is 88.4 Å². The highest BCUT2D eigenvalue weighted by atomic mass is 16.3. The second-order valence-corrected chi connectivity index (χ2v) is 24.3. The van der Waals surface area contributed by atoms with Gasteiger partial charge in [0.1, 0.15) is 22.3 Å². The van der Waals surface area contributed by atoms with E-state index in [4.69, 9.17) is 8.83 Å². The molecule has 358 valence electrons. The molecule has 0 saturated heterocycles. The summed E-state index contributed by atoms with van der Waals surface area (Å²) in [6, 6.07) is 57.4. The van der Waals surface area contributed by atoms with E-state index in [1.807, 2.05) is 0 Å². The van der Waals surface area contributed by atoms with E-state index >= 15 is 0 Å². The Bertz CT molecular complexity index is 4230. The molecule has 14 rings (SSSR count). The first-order valence-corrected chi connectivity index (χ1v) is 26.2. The van der Waals surface area contributed by atoms with Gasteiger partial charge in [0.15, 0.2) is 0 Å². The van der Waals surface area contributed by atoms with Gasteiger partial charge < -0.3 is 13.7 Å². The molecule has 11 aromatic rings. The molecule has 3 aliphatic rings. The molecule has 3 nitrogen and oxygen atoms in total. The van der Waals surface area contributed by atoms with Crippen LogP contribution in [0.2, 0.25) is 0 Å². The third-order valence-corrected chi connectivity index (χ3v) is 17.6. The number of aryl methyl sites for hydroxylation is 3. The molecule has 9 aromatic carbocycles. The molecule has 0 N–H and O–H groups in total. The van der Waals surface area contributed by atoms with E-state index in [-0.39, 0.29) is 21.7 Å². The van der Waals surface area contributed by atoms with Crippen molar-refractivity contribution in [3.63, 3.8) is 0 Å². The van der Waals surface area contributed by atoms with Crippen molar-refractivity contribution in [2.75, 3.05) is 4.90 Å². The van der Waals surface area contributed by atoms with Gasteiger partial charge in [-0.25, -0.2) is 0 Å². The van der Waals surface area contributed by atoms with Crippen molar-refractivity contribution >= 4 is 60.9 Å². The molecule has 0 spiro atoms. The number of furan rings is 2. The van der Waals surface area contributed by atoms with Gasteiger partial charge in [-0.3, -0.25) is 0 Å². The number of hydrogen-bond acceptors (Lipinski definition) is 3. The predicted molar refractivity (Wildman–Crippen MR) is 307 cm³/mol. The molecular weight excluding hydrogens is 887 g/mol. The summed E-state index contributed by atoms with van der Waals surface area (Å²) in [5, 5.41) is 4.77. The van der Waals surface area contributed by atoms with Gasteiger partial charge in [0.05, 0.1) is 0 Å². The van der Waals surface area contributed by atoms with Crippen molar-refractivity contribution < 1.29 is 8.83 Å². The van der Waals surface area contributed by atoms with Crippen LogP contribution < -0.4 is 4.90 Å². The Balaban J connectivity index is 0.956. The van der Waals surface area contributed by atoms with Gasteiger partial charge in [0.2, 0.25) is 0 Å². The molecular formula is C70H61NO2. The van der Waals surface area contributed by atoms with Crippen LogP contribution in [0.3, 0.4) is 0 Å². The van der Waals surface area contributed by atoms with Crippen LogP contribution in [-0.2, 0) is 21.7 Å². The molecule has 0 amide bonds. The Hall–Kier alpha value is -7.62. The fraction of sp³-hybridized carbons (Fsp3) is 0.229. The van der Waals surface area contributed by atoms with Crippen LogP contribution in [0, 0.1) is 20.8 Å². The molecule has 73 heavy (non-hydrogen) atoms. The summed E-state index contributed by atoms with van der Waals surface area (Å²) >= 11 is 0. The SMILES string of the molecule is Cc1cc(C)c(-c2cc3c(c4c2oc2ccccc24)-c2ccc(N(c4ccc5c(c4)C(C)(C)c4cc6c(cc4-5)C(C)(C)c4ccc5oc7ccccc7c5c4-6)c4ccccc4C(C)(C)C)cc2C3(C)C)c(C)c1. The standard InChI is InChI=1S/C70H61NO2/c1-38-31-39(2)61(40(3)32-38)49-37-56-62(65-46-20-14-18-24-59(46)73-66(49)65)44-28-26-42(34-53(44)70(56,11)12)71(57-22-16-15-21-50(57)67(4,5)6)41-25-27-43-47-35-55-48(36-54(47)69(9,10)52(43)33-41)63-51(68(55,7)8)29-30-60-64(63)45-19-13-17-23-58(45)72-60/h13-37H,1-12H3. The topological polar surface area (TPSA) is 29.5 Å². The minimum atomic E-state index is -0.313. The average Bonchev–Trinajstić information content (AvgIpc) is 4.10. The highest BCUT2D eigenvalue weighted by Crippen LogP contribution is 2.60. The second kappa shape index (κ2) is 14.5. The lowest BCUT2D eigenvalue weighted by atomic mass is 9.79. The fourth-order valence-electron chi connectivity index (χ4n) is 14.1. The number of para-hydroxylation sites is 3. The van der Waals surface area contributed by atoms with Crippen molar-refractivity contribution in [1.29, 1.82) is 0 Å². The monoisotopic (exact) mass is 947 g/mol. The highest BCUT2D eigenvalue weighted by Gasteiger charge is 2.44. The second-order valence-electron chi connectivity index (χ2n) is 24.3. The third-order valence-electron chi connectivity index (χ3n) is 17.6. The molecule has 2 heterocycles. The normalized spacial score (nSPS) is 15.5. The minimum Gasteiger partial charge on any atom is -0.456 e. The van der Waals surface area contributed by atoms with Crippen LogP contribution >= 0.6 is 0 Å². The summed E-state index contributed by atoms with van der Waals surface area (Å²) in [5.41, 5.74) is 30.0. The van der Waals surface area contributed by atoms with Crippen LogP contribution in [0.4, 0.5) is 17.1 Å². The van der Waals surface area contributed by atoms with Crippen molar-refractivity contribution in [3.8, 4) is 44.5 Å². The summed E-state index contributed by atoms with van der Waals surface area (Å²) < 4.78 is 13.4. The Morgan fingerprint density at radius 2 is 0.918 bits per heavy atom. The molecule has 0 saturated carbocycles. The van der Waals surface area contributed by atoms with E-state index in [0.29, 0.717) is 0 Å². The van der Waals surface area contributed by atoms with Crippen LogP contribution in [0.15, 0.2) is 160 Å². The Labute approximate surface area is 429 Å². The van der Waals surface area contributed by atoms with Crippen LogP contribution in [0.5, 0.6) is 0 Å². The molecule has 3 heteroatoms. The van der Waals surface area contributed by atoms with E-state index in [1.54, 1.807) is 0 Å². The van der Waals surface area contributed by atoms with Gasteiger partial charge in [-0.2, -0.15) is 0 Å². The number of nitrogens with zero attached hydrogens (tertiary/aromatic N) is 1. The highest BCUT2D eigenvalue weighted by molar-refractivity contribution is 6.19. The molecule has 0 aliphatic heterocycles. The summed E-state index contributed by atoms with van der Waals surface area (Å²) in [7, 11) is 0. The zero-order valence-corrected chi connectivity index (χ0v) is 44.2. The van der Waals surface area contributed by atoms with Crippen molar-refractivity contribution in [2.45, 2.75) is 105 Å². The molecule has 3 aliphatic carbocycles. The summed E-state index contributed by atoms with van der Waals surface area (Å²) in [4.78, 5) is 2.55. The minimum absolute atomic E-state index is 0.112. The maximum absolute atomic E-state index is 6.95. The quantitative estimate of drug-likeness (QED) is 0.176. The van der Waals surface area contributed by atoms with Crippen molar-refractivity contribution in [2.24, 2.45) is 0 Å². The van der Waals surface area contributed by atoms with Gasteiger partial charge in [-0.05, 0) is 182 Å². The molecule has 0 fully saturated rings. The predicted octanol–water partition coefficient (Wildman–Crippen LogP) is 19.8. The smallest absolute Gasteiger partial charge is 0.143 e. The Morgan fingerprint density at radius 1 is 0.397 bits per heavy atom. The van der Waals surface area contributed by atoms with Gasteiger partial charge >= 0.3 is 0 Å². The lowest BCUT2D eigenvalue weighted by Crippen LogP contribution is -2.21. The number of fused-ring (bicyclic) bond motifs is 17. The van der Waals surface area contributed by atoms with Crippen molar-refractivity contribution in [3.05, 3.63) is 207 Å². The van der Waals surface area contributed by atoms with Crippen LogP contribution in [0.1, 0.15) is 118 Å². The van der Waals surface area contributed by atoms with Gasteiger partial charge in [-0.1, -0.05) is 153 Å². The van der Waals surface area contributed by atoms with E-state index in [9.17, 15) is 0 Å². The maximum atomic E-state index is 6.95. The van der Waals surface area contributed by atoms with Gasteiger partial charge in [0.25, 0.3) is 0 Å². The number of rotatable bonds is 4. The zero-order chi connectivity index (χ0) is 50.4. The third kappa shape index (κ3) is 5.88. The number of hydrogen-bond donors (Lipinski definition) is 0. The first-order chi connectivity index (χ1) is 34.8. The summed E-state index contributed by atoms with van der Waals surface area (Å²) in [5.74, 6) is 0. The molecule has 0 unspecified atom stereocenters. The van der Waals surface area contributed by atoms with Crippen LogP contribution in [-0.4, -0.2) is 0 Å². The molecule has 0 radical (unpaired) electrons. The van der Waals surface area contributed by atoms with E-state index in [1.165, 1.54) is 122 Å². The summed E-state index contributed by atoms with van der Waals surface area (Å²) in [6.07, 6.45) is 0. The van der Waals surface area contributed by atoms with Gasteiger partial charge in [-0.15, -0.1) is 0 Å². The lowest BCUT2D eigenvalue weighted by Gasteiger charge is -2.33. The van der Waals surface area contributed by atoms with E-state index < -0.39 is 0 Å². The molecule has 0 bridgehead atoms. The number of benzene rings is 9. The molecule has 2 aromatic heterocycles. The Kier molecular flexibility index (Phi) is 8.78. The number of anilines is 3. The lowest BCUT2D eigenvalue weighted by molar-refractivity contribution is 0.591. The largest absolute Gasteiger partial charge is 0.456 e. The van der Waals surface area contributed by atoms with E-state index in [2.05, 4.69) is 240 Å². The van der Waals surface area contributed by atoms with E-state index in [0.717, 1.165) is 39.1 Å². The molecule has 0 atom stereocenters.